The summed E-state index contributed by atoms with van der Waals surface area (Å²) in [5, 5.41) is 0. The molecule has 0 bridgehead atoms. The lowest BCUT2D eigenvalue weighted by Crippen LogP contribution is -1.95. The number of rotatable bonds is 4. The number of aldehydes is 1. The van der Waals surface area contributed by atoms with E-state index < -0.39 is 0 Å². The highest BCUT2D eigenvalue weighted by Crippen LogP contribution is 2.14. The van der Waals surface area contributed by atoms with Crippen LogP contribution in [0.2, 0.25) is 0 Å². The molecule has 0 aliphatic carbocycles. The Morgan fingerprint density at radius 2 is 2.18 bits per heavy atom. The van der Waals surface area contributed by atoms with Gasteiger partial charge in [-0.3, -0.25) is 9.79 Å². The molecule has 0 heterocycles. The molecule has 1 aromatic carbocycles. The van der Waals surface area contributed by atoms with Gasteiger partial charge in [0.15, 0.2) is 0 Å². The molecule has 0 amide bonds. The fourth-order valence-corrected chi connectivity index (χ4v) is 1.31. The topological polar surface area (TPSA) is 38.7 Å². The Labute approximate surface area is 101 Å². The molecule has 0 N–H and O–H groups in total. The standard InChI is InChI=1S/C14H15NO2/c1-11(7-8-14(15-2)17-3)13-6-4-5-12(9-13)10-16/h4-10H,1H2,2-3H3/b8-7-,15-14?. The van der Waals surface area contributed by atoms with Gasteiger partial charge in [-0.05, 0) is 23.3 Å². The van der Waals surface area contributed by atoms with E-state index in [9.17, 15) is 4.79 Å². The molecule has 0 atom stereocenters. The van der Waals surface area contributed by atoms with E-state index in [4.69, 9.17) is 4.74 Å². The van der Waals surface area contributed by atoms with Crippen molar-refractivity contribution in [3.63, 3.8) is 0 Å². The minimum Gasteiger partial charge on any atom is -0.481 e. The number of hydrogen-bond acceptors (Lipinski definition) is 3. The smallest absolute Gasteiger partial charge is 0.207 e. The van der Waals surface area contributed by atoms with E-state index in [1.165, 1.54) is 0 Å². The van der Waals surface area contributed by atoms with Crippen LogP contribution in [0.15, 0.2) is 48.0 Å². The SMILES string of the molecule is C=C(/C=C\C(=NC)OC)c1cccc(C=O)c1. The summed E-state index contributed by atoms with van der Waals surface area (Å²) in [6.45, 7) is 3.93. The van der Waals surface area contributed by atoms with Crippen LogP contribution in [-0.2, 0) is 4.74 Å². The van der Waals surface area contributed by atoms with Crippen LogP contribution in [-0.4, -0.2) is 26.3 Å². The maximum atomic E-state index is 10.7. The van der Waals surface area contributed by atoms with E-state index >= 15 is 0 Å². The Bertz CT molecular complexity index is 473. The second-order valence-corrected chi connectivity index (χ2v) is 3.37. The van der Waals surface area contributed by atoms with Crippen LogP contribution in [0.1, 0.15) is 15.9 Å². The first-order valence-electron chi connectivity index (χ1n) is 5.14. The molecule has 3 heteroatoms. The molecule has 0 aromatic heterocycles. The van der Waals surface area contributed by atoms with E-state index in [2.05, 4.69) is 11.6 Å². The molecule has 88 valence electrons. The minimum absolute atomic E-state index is 0.526. The zero-order chi connectivity index (χ0) is 12.7. The van der Waals surface area contributed by atoms with Gasteiger partial charge in [0.2, 0.25) is 5.90 Å². The Kier molecular flexibility index (Phi) is 4.88. The lowest BCUT2D eigenvalue weighted by atomic mass is 10.0. The Morgan fingerprint density at radius 1 is 1.41 bits per heavy atom. The molecule has 0 unspecified atom stereocenters. The molecule has 0 saturated carbocycles. The number of hydrogen-bond donors (Lipinski definition) is 0. The van der Waals surface area contributed by atoms with Crippen LogP contribution in [0.25, 0.3) is 5.57 Å². The normalized spacial score (nSPS) is 11.5. The monoisotopic (exact) mass is 229 g/mol. The number of allylic oxidation sites excluding steroid dienone is 2. The van der Waals surface area contributed by atoms with Gasteiger partial charge in [0.25, 0.3) is 0 Å². The predicted molar refractivity (Wildman–Crippen MR) is 70.4 cm³/mol. The number of benzene rings is 1. The van der Waals surface area contributed by atoms with Gasteiger partial charge in [-0.15, -0.1) is 0 Å². The Balaban J connectivity index is 2.86. The summed E-state index contributed by atoms with van der Waals surface area (Å²) in [4.78, 5) is 14.6. The summed E-state index contributed by atoms with van der Waals surface area (Å²) < 4.78 is 5.00. The minimum atomic E-state index is 0.526. The van der Waals surface area contributed by atoms with Crippen LogP contribution in [0.3, 0.4) is 0 Å². The largest absolute Gasteiger partial charge is 0.481 e. The van der Waals surface area contributed by atoms with E-state index in [0.717, 1.165) is 17.4 Å². The lowest BCUT2D eigenvalue weighted by Gasteiger charge is -2.02. The Hall–Kier alpha value is -2.16. The van der Waals surface area contributed by atoms with Crippen molar-refractivity contribution in [1.29, 1.82) is 0 Å². The van der Waals surface area contributed by atoms with Gasteiger partial charge in [0, 0.05) is 18.7 Å². The molecule has 0 radical (unpaired) electrons. The third-order valence-electron chi connectivity index (χ3n) is 2.25. The number of carbonyl (C=O) groups is 1. The second-order valence-electron chi connectivity index (χ2n) is 3.37. The highest BCUT2D eigenvalue weighted by Gasteiger charge is 1.97. The van der Waals surface area contributed by atoms with E-state index in [1.54, 1.807) is 38.4 Å². The highest BCUT2D eigenvalue weighted by molar-refractivity contribution is 5.91. The lowest BCUT2D eigenvalue weighted by molar-refractivity contribution is 0.112. The van der Waals surface area contributed by atoms with Crippen molar-refractivity contribution in [2.45, 2.75) is 0 Å². The maximum absolute atomic E-state index is 10.7. The van der Waals surface area contributed by atoms with Crippen LogP contribution in [0.5, 0.6) is 0 Å². The summed E-state index contributed by atoms with van der Waals surface area (Å²) in [7, 11) is 3.21. The van der Waals surface area contributed by atoms with Crippen molar-refractivity contribution in [2.24, 2.45) is 4.99 Å². The average Bonchev–Trinajstić information content (AvgIpc) is 2.39. The fraction of sp³-hybridized carbons (Fsp3) is 0.143. The second kappa shape index (κ2) is 6.43. The Morgan fingerprint density at radius 3 is 2.76 bits per heavy atom. The van der Waals surface area contributed by atoms with E-state index in [1.807, 2.05) is 12.1 Å². The molecule has 1 aromatic rings. The summed E-state index contributed by atoms with van der Waals surface area (Å²) in [5.41, 5.74) is 2.33. The third-order valence-corrected chi connectivity index (χ3v) is 2.25. The summed E-state index contributed by atoms with van der Waals surface area (Å²) in [6, 6.07) is 7.26. The highest BCUT2D eigenvalue weighted by atomic mass is 16.5. The van der Waals surface area contributed by atoms with Crippen molar-refractivity contribution in [3.05, 3.63) is 54.1 Å². The van der Waals surface area contributed by atoms with Gasteiger partial charge in [0.05, 0.1) is 7.11 Å². The summed E-state index contributed by atoms with van der Waals surface area (Å²) in [6.07, 6.45) is 4.35. The molecular weight excluding hydrogens is 214 g/mol. The van der Waals surface area contributed by atoms with Crippen LogP contribution in [0, 0.1) is 0 Å². The van der Waals surface area contributed by atoms with Gasteiger partial charge in [-0.2, -0.15) is 0 Å². The number of aliphatic imine (C=N–C) groups is 1. The zero-order valence-corrected chi connectivity index (χ0v) is 10.0. The number of carbonyl (C=O) groups excluding carboxylic acids is 1. The molecule has 0 fully saturated rings. The van der Waals surface area contributed by atoms with Gasteiger partial charge in [-0.25, -0.2) is 0 Å². The van der Waals surface area contributed by atoms with Crippen LogP contribution >= 0.6 is 0 Å². The van der Waals surface area contributed by atoms with Crippen molar-refractivity contribution in [3.8, 4) is 0 Å². The van der Waals surface area contributed by atoms with Crippen molar-refractivity contribution < 1.29 is 9.53 Å². The summed E-state index contributed by atoms with van der Waals surface area (Å²) in [5.74, 6) is 0.526. The van der Waals surface area contributed by atoms with Gasteiger partial charge < -0.3 is 4.74 Å². The van der Waals surface area contributed by atoms with Gasteiger partial charge in [0.1, 0.15) is 6.29 Å². The van der Waals surface area contributed by atoms with Gasteiger partial charge >= 0.3 is 0 Å². The molecule has 0 spiro atoms. The number of nitrogens with zero attached hydrogens (tertiary/aromatic N) is 1. The molecule has 3 nitrogen and oxygen atoms in total. The van der Waals surface area contributed by atoms with Crippen molar-refractivity contribution in [1.82, 2.24) is 0 Å². The van der Waals surface area contributed by atoms with Gasteiger partial charge in [-0.1, -0.05) is 24.8 Å². The summed E-state index contributed by atoms with van der Waals surface area (Å²) >= 11 is 0. The first kappa shape index (κ1) is 12.9. The van der Waals surface area contributed by atoms with Crippen LogP contribution < -0.4 is 0 Å². The average molecular weight is 229 g/mol. The first-order chi connectivity index (χ1) is 8.21. The molecule has 0 aliphatic rings. The zero-order valence-electron chi connectivity index (χ0n) is 10.0. The predicted octanol–water partition coefficient (Wildman–Crippen LogP) is 2.74. The van der Waals surface area contributed by atoms with Crippen LogP contribution in [0.4, 0.5) is 0 Å². The van der Waals surface area contributed by atoms with Crippen molar-refractivity contribution >= 4 is 17.8 Å². The maximum Gasteiger partial charge on any atom is 0.207 e. The molecule has 0 aliphatic heterocycles. The molecule has 0 saturated heterocycles. The number of ether oxygens (including phenoxy) is 1. The molecule has 1 rings (SSSR count). The first-order valence-corrected chi connectivity index (χ1v) is 5.14. The van der Waals surface area contributed by atoms with E-state index in [-0.39, 0.29) is 0 Å². The third kappa shape index (κ3) is 3.72. The quantitative estimate of drug-likeness (QED) is 0.344. The van der Waals surface area contributed by atoms with Crippen molar-refractivity contribution in [2.75, 3.05) is 14.2 Å². The number of methoxy groups -OCH3 is 1. The fourth-order valence-electron chi connectivity index (χ4n) is 1.31. The molecular formula is C14H15NO2. The molecule has 17 heavy (non-hydrogen) atoms. The van der Waals surface area contributed by atoms with E-state index in [0.29, 0.717) is 11.5 Å².